The number of nitrogens with two attached hydrogens (primary N) is 1. The second-order valence-corrected chi connectivity index (χ2v) is 3.48. The average Bonchev–Trinajstić information content (AvgIpc) is 2.24. The maximum Gasteiger partial charge on any atom is 0.135 e. The summed E-state index contributed by atoms with van der Waals surface area (Å²) in [5.41, 5.74) is 5.91. The molecule has 2 aromatic rings. The van der Waals surface area contributed by atoms with E-state index in [1.165, 1.54) is 30.6 Å². The molecule has 0 saturated heterocycles. The topological polar surface area (TPSA) is 63.8 Å². The molecule has 4 nitrogen and oxygen atoms in total. The summed E-state index contributed by atoms with van der Waals surface area (Å²) in [7, 11) is 0. The summed E-state index contributed by atoms with van der Waals surface area (Å²) in [6.07, 6.45) is 1.31. The Morgan fingerprint density at radius 2 is 2.06 bits per heavy atom. The fourth-order valence-electron chi connectivity index (χ4n) is 1.17. The molecule has 1 heterocycles. The predicted molar refractivity (Wildman–Crippen MR) is 61.1 cm³/mol. The molecule has 0 spiro atoms. The molecule has 0 aliphatic heterocycles. The molecule has 6 heteroatoms. The summed E-state index contributed by atoms with van der Waals surface area (Å²) >= 11 is 5.88. The van der Waals surface area contributed by atoms with E-state index < -0.39 is 0 Å². The van der Waals surface area contributed by atoms with Crippen LogP contribution in [0.5, 0.6) is 0 Å². The van der Waals surface area contributed by atoms with Gasteiger partial charge in [0.2, 0.25) is 0 Å². The predicted octanol–water partition coefficient (Wildman–Crippen LogP) is 2.59. The van der Waals surface area contributed by atoms with Crippen LogP contribution in [0.25, 0.3) is 0 Å². The van der Waals surface area contributed by atoms with E-state index in [0.717, 1.165) is 0 Å². The van der Waals surface area contributed by atoms with Crippen LogP contribution in [0, 0.1) is 5.82 Å². The number of anilines is 3. The van der Waals surface area contributed by atoms with E-state index in [1.54, 1.807) is 0 Å². The highest BCUT2D eigenvalue weighted by molar-refractivity contribution is 6.33. The van der Waals surface area contributed by atoms with Gasteiger partial charge in [0.15, 0.2) is 0 Å². The quantitative estimate of drug-likeness (QED) is 0.844. The fraction of sp³-hybridized carbons (Fsp3) is 0. The molecule has 0 bridgehead atoms. The van der Waals surface area contributed by atoms with Gasteiger partial charge in [-0.25, -0.2) is 14.4 Å². The van der Waals surface area contributed by atoms with Crippen molar-refractivity contribution in [2.45, 2.75) is 0 Å². The van der Waals surface area contributed by atoms with E-state index in [-0.39, 0.29) is 5.82 Å². The van der Waals surface area contributed by atoms with Crippen molar-refractivity contribution in [3.63, 3.8) is 0 Å². The molecule has 0 radical (unpaired) electrons. The summed E-state index contributed by atoms with van der Waals surface area (Å²) in [4.78, 5) is 7.66. The zero-order valence-corrected chi connectivity index (χ0v) is 8.87. The van der Waals surface area contributed by atoms with E-state index in [2.05, 4.69) is 15.3 Å². The third-order valence-electron chi connectivity index (χ3n) is 1.88. The third kappa shape index (κ3) is 2.38. The molecule has 0 fully saturated rings. The van der Waals surface area contributed by atoms with Crippen molar-refractivity contribution in [1.29, 1.82) is 0 Å². The van der Waals surface area contributed by atoms with Gasteiger partial charge in [-0.1, -0.05) is 11.6 Å². The normalized spacial score (nSPS) is 10.1. The number of rotatable bonds is 2. The van der Waals surface area contributed by atoms with Crippen LogP contribution in [0.4, 0.5) is 21.7 Å². The summed E-state index contributed by atoms with van der Waals surface area (Å²) in [6, 6.07) is 5.55. The molecule has 2 rings (SSSR count). The van der Waals surface area contributed by atoms with Gasteiger partial charge in [-0.15, -0.1) is 0 Å². The lowest BCUT2D eigenvalue weighted by molar-refractivity contribution is 0.628. The second kappa shape index (κ2) is 4.32. The van der Waals surface area contributed by atoms with Crippen molar-refractivity contribution in [3.05, 3.63) is 41.4 Å². The second-order valence-electron chi connectivity index (χ2n) is 3.08. The molecule has 0 atom stereocenters. The van der Waals surface area contributed by atoms with Crippen LogP contribution in [-0.4, -0.2) is 9.97 Å². The first kappa shape index (κ1) is 10.6. The largest absolute Gasteiger partial charge is 0.384 e. The van der Waals surface area contributed by atoms with Crippen molar-refractivity contribution in [3.8, 4) is 0 Å². The first-order valence-electron chi connectivity index (χ1n) is 4.45. The smallest absolute Gasteiger partial charge is 0.135 e. The minimum atomic E-state index is -0.381. The summed E-state index contributed by atoms with van der Waals surface area (Å²) in [6.45, 7) is 0. The van der Waals surface area contributed by atoms with E-state index in [1.807, 2.05) is 0 Å². The number of nitrogens with one attached hydrogen (secondary N) is 1. The number of halogens is 2. The Kier molecular flexibility index (Phi) is 2.87. The number of aromatic nitrogens is 2. The molecule has 16 heavy (non-hydrogen) atoms. The number of hydrogen-bond donors (Lipinski definition) is 2. The van der Waals surface area contributed by atoms with Crippen molar-refractivity contribution in [2.75, 3.05) is 11.1 Å². The van der Waals surface area contributed by atoms with Gasteiger partial charge in [0, 0.05) is 6.07 Å². The SMILES string of the molecule is Nc1cc(Nc2cc(F)ccc2Cl)ncn1. The van der Waals surface area contributed by atoms with Gasteiger partial charge in [-0.3, -0.25) is 0 Å². The van der Waals surface area contributed by atoms with E-state index in [4.69, 9.17) is 17.3 Å². The number of nitrogen functional groups attached to an aromatic ring is 1. The van der Waals surface area contributed by atoms with E-state index in [9.17, 15) is 4.39 Å². The highest BCUT2D eigenvalue weighted by Gasteiger charge is 2.03. The summed E-state index contributed by atoms with van der Waals surface area (Å²) < 4.78 is 13.0. The molecule has 0 aliphatic rings. The first-order valence-corrected chi connectivity index (χ1v) is 4.82. The van der Waals surface area contributed by atoms with Gasteiger partial charge in [-0.2, -0.15) is 0 Å². The van der Waals surface area contributed by atoms with Gasteiger partial charge in [0.1, 0.15) is 23.8 Å². The van der Waals surface area contributed by atoms with E-state index >= 15 is 0 Å². The lowest BCUT2D eigenvalue weighted by Gasteiger charge is -2.07. The molecular weight excluding hydrogens is 231 g/mol. The van der Waals surface area contributed by atoms with Gasteiger partial charge >= 0.3 is 0 Å². The molecular formula is C10H8ClFN4. The Morgan fingerprint density at radius 3 is 2.81 bits per heavy atom. The minimum absolute atomic E-state index is 0.324. The summed E-state index contributed by atoms with van der Waals surface area (Å²) in [5.74, 6) is 0.402. The average molecular weight is 239 g/mol. The van der Waals surface area contributed by atoms with Crippen LogP contribution >= 0.6 is 11.6 Å². The maximum atomic E-state index is 13.0. The van der Waals surface area contributed by atoms with Crippen molar-refractivity contribution >= 4 is 28.9 Å². The monoisotopic (exact) mass is 238 g/mol. The van der Waals surface area contributed by atoms with Crippen LogP contribution in [0.15, 0.2) is 30.6 Å². The highest BCUT2D eigenvalue weighted by Crippen LogP contribution is 2.25. The number of hydrogen-bond acceptors (Lipinski definition) is 4. The van der Waals surface area contributed by atoms with Gasteiger partial charge in [0.05, 0.1) is 10.7 Å². The van der Waals surface area contributed by atoms with Crippen LogP contribution in [0.2, 0.25) is 5.02 Å². The lowest BCUT2D eigenvalue weighted by atomic mass is 10.3. The molecule has 0 aliphatic carbocycles. The Morgan fingerprint density at radius 1 is 1.25 bits per heavy atom. The molecule has 0 unspecified atom stereocenters. The Labute approximate surface area is 96.3 Å². The van der Waals surface area contributed by atoms with Gasteiger partial charge in [0.25, 0.3) is 0 Å². The van der Waals surface area contributed by atoms with Crippen LogP contribution < -0.4 is 11.1 Å². The van der Waals surface area contributed by atoms with Crippen molar-refractivity contribution < 1.29 is 4.39 Å². The minimum Gasteiger partial charge on any atom is -0.384 e. The number of nitrogens with zero attached hydrogens (tertiary/aromatic N) is 2. The van der Waals surface area contributed by atoms with Crippen molar-refractivity contribution in [1.82, 2.24) is 9.97 Å². The van der Waals surface area contributed by atoms with E-state index in [0.29, 0.717) is 22.3 Å². The molecule has 1 aromatic heterocycles. The molecule has 0 saturated carbocycles. The molecule has 1 aromatic carbocycles. The van der Waals surface area contributed by atoms with Gasteiger partial charge in [-0.05, 0) is 18.2 Å². The Hall–Kier alpha value is -1.88. The lowest BCUT2D eigenvalue weighted by Crippen LogP contribution is -1.98. The zero-order valence-electron chi connectivity index (χ0n) is 8.11. The van der Waals surface area contributed by atoms with Crippen LogP contribution in [0.1, 0.15) is 0 Å². The molecule has 82 valence electrons. The van der Waals surface area contributed by atoms with Crippen molar-refractivity contribution in [2.24, 2.45) is 0 Å². The maximum absolute atomic E-state index is 13.0. The van der Waals surface area contributed by atoms with Gasteiger partial charge < -0.3 is 11.1 Å². The Bertz CT molecular complexity index is 518. The highest BCUT2D eigenvalue weighted by atomic mass is 35.5. The van der Waals surface area contributed by atoms with Crippen LogP contribution in [-0.2, 0) is 0 Å². The standard InChI is InChI=1S/C10H8ClFN4/c11-7-2-1-6(12)3-8(7)16-10-4-9(13)14-5-15-10/h1-5H,(H3,13,14,15,16). The Balaban J connectivity index is 2.30. The fourth-order valence-corrected chi connectivity index (χ4v) is 1.34. The molecule has 3 N–H and O–H groups in total. The summed E-state index contributed by atoms with van der Waals surface area (Å²) in [5, 5.41) is 3.25. The van der Waals surface area contributed by atoms with Crippen LogP contribution in [0.3, 0.4) is 0 Å². The third-order valence-corrected chi connectivity index (χ3v) is 2.21. The number of benzene rings is 1. The zero-order chi connectivity index (χ0) is 11.5. The first-order chi connectivity index (χ1) is 7.65. The molecule has 0 amide bonds.